The first-order valence-corrected chi connectivity index (χ1v) is 10.3. The number of anilines is 3. The quantitative estimate of drug-likeness (QED) is 0.500. The average Bonchev–Trinajstić information content (AvgIpc) is 3.11. The molecule has 3 aromatic heterocycles. The molecule has 0 bridgehead atoms. The van der Waals surface area contributed by atoms with E-state index in [-0.39, 0.29) is 18.1 Å². The molecule has 1 saturated heterocycles. The van der Waals surface area contributed by atoms with Gasteiger partial charge in [-0.25, -0.2) is 9.78 Å². The van der Waals surface area contributed by atoms with Crippen molar-refractivity contribution in [1.29, 1.82) is 0 Å². The Morgan fingerprint density at radius 2 is 2.17 bits per heavy atom. The molecule has 9 nitrogen and oxygen atoms in total. The lowest BCUT2D eigenvalue weighted by Crippen LogP contribution is -2.53. The maximum atomic E-state index is 11.7. The summed E-state index contributed by atoms with van der Waals surface area (Å²) in [5, 5.41) is 24.4. The standard InChI is InChI=1S/C21H27N7O2/c1-4-15-10-14(9-13(3)28(15)21(29)30)23-20-16-6-5-7-22-17(16)11-18(25-20)24-19-8-12(2)26-27-19/h5-8,11,13-15H,4,9-10H2,1-3H3,(H,29,30)(H3,23,24,25,26,27)/t13-,14-,15+/m1/s1. The van der Waals surface area contributed by atoms with Crippen LogP contribution in [0.1, 0.15) is 38.8 Å². The van der Waals surface area contributed by atoms with Crippen molar-refractivity contribution >= 4 is 34.4 Å². The van der Waals surface area contributed by atoms with Gasteiger partial charge in [0.05, 0.1) is 5.52 Å². The zero-order valence-electron chi connectivity index (χ0n) is 17.4. The van der Waals surface area contributed by atoms with Gasteiger partial charge in [0.25, 0.3) is 0 Å². The molecule has 0 unspecified atom stereocenters. The Labute approximate surface area is 174 Å². The molecule has 1 fully saturated rings. The molecule has 1 aliphatic rings. The summed E-state index contributed by atoms with van der Waals surface area (Å²) in [6, 6.07) is 7.75. The number of pyridine rings is 2. The number of carboxylic acid groups (broad SMARTS) is 1. The summed E-state index contributed by atoms with van der Waals surface area (Å²) in [5.41, 5.74) is 1.78. The van der Waals surface area contributed by atoms with Crippen LogP contribution in [0.5, 0.6) is 0 Å². The van der Waals surface area contributed by atoms with Crippen molar-refractivity contribution in [3.63, 3.8) is 0 Å². The Hall–Kier alpha value is -3.36. The summed E-state index contributed by atoms with van der Waals surface area (Å²) in [6.07, 6.45) is 3.16. The molecule has 30 heavy (non-hydrogen) atoms. The van der Waals surface area contributed by atoms with Gasteiger partial charge in [-0.15, -0.1) is 0 Å². The SMILES string of the molecule is CC[C@H]1C[C@H](Nc2nc(Nc3cc(C)[nH]n3)cc3ncccc23)C[C@@H](C)N1C(=O)O. The molecule has 0 radical (unpaired) electrons. The number of aromatic nitrogens is 4. The number of H-pyrrole nitrogens is 1. The molecular weight excluding hydrogens is 382 g/mol. The van der Waals surface area contributed by atoms with Crippen LogP contribution in [-0.4, -0.2) is 54.4 Å². The monoisotopic (exact) mass is 409 g/mol. The molecule has 4 N–H and O–H groups in total. The van der Waals surface area contributed by atoms with Crippen LogP contribution >= 0.6 is 0 Å². The van der Waals surface area contributed by atoms with Gasteiger partial charge in [-0.3, -0.25) is 10.1 Å². The lowest BCUT2D eigenvalue weighted by Gasteiger charge is -2.42. The number of likely N-dealkylation sites (tertiary alicyclic amines) is 1. The van der Waals surface area contributed by atoms with Gasteiger partial charge in [0.2, 0.25) is 0 Å². The van der Waals surface area contributed by atoms with Crippen molar-refractivity contribution in [3.8, 4) is 0 Å². The number of nitrogens with zero attached hydrogens (tertiary/aromatic N) is 4. The number of piperidine rings is 1. The Morgan fingerprint density at radius 1 is 1.33 bits per heavy atom. The van der Waals surface area contributed by atoms with E-state index in [1.54, 1.807) is 11.1 Å². The summed E-state index contributed by atoms with van der Waals surface area (Å²) in [6.45, 7) is 5.94. The van der Waals surface area contributed by atoms with E-state index in [4.69, 9.17) is 4.98 Å². The first-order chi connectivity index (χ1) is 14.4. The summed E-state index contributed by atoms with van der Waals surface area (Å²) in [5.74, 6) is 2.08. The molecule has 158 valence electrons. The summed E-state index contributed by atoms with van der Waals surface area (Å²) >= 11 is 0. The molecular formula is C21H27N7O2. The zero-order chi connectivity index (χ0) is 21.3. The Kier molecular flexibility index (Phi) is 5.43. The third kappa shape index (κ3) is 4.00. The molecule has 1 aliphatic heterocycles. The third-order valence-corrected chi connectivity index (χ3v) is 5.64. The second-order valence-corrected chi connectivity index (χ2v) is 7.90. The lowest BCUT2D eigenvalue weighted by molar-refractivity contribution is 0.0721. The second-order valence-electron chi connectivity index (χ2n) is 7.90. The summed E-state index contributed by atoms with van der Waals surface area (Å²) in [4.78, 5) is 22.5. The fourth-order valence-corrected chi connectivity index (χ4v) is 4.31. The number of hydrogen-bond donors (Lipinski definition) is 4. The van der Waals surface area contributed by atoms with Gasteiger partial charge in [-0.2, -0.15) is 5.10 Å². The minimum atomic E-state index is -0.846. The van der Waals surface area contributed by atoms with Gasteiger partial charge in [-0.1, -0.05) is 6.92 Å². The van der Waals surface area contributed by atoms with Crippen LogP contribution in [0, 0.1) is 6.92 Å². The smallest absolute Gasteiger partial charge is 0.407 e. The predicted octanol–water partition coefficient (Wildman–Crippen LogP) is 4.13. The van der Waals surface area contributed by atoms with Gasteiger partial charge in [0, 0.05) is 47.5 Å². The molecule has 0 aliphatic carbocycles. The first-order valence-electron chi connectivity index (χ1n) is 10.3. The average molecular weight is 409 g/mol. The normalized spacial score (nSPS) is 21.6. The number of aromatic amines is 1. The lowest BCUT2D eigenvalue weighted by atomic mass is 9.91. The fourth-order valence-electron chi connectivity index (χ4n) is 4.31. The van der Waals surface area contributed by atoms with Gasteiger partial charge in [0.15, 0.2) is 5.82 Å². The van der Waals surface area contributed by atoms with E-state index in [0.29, 0.717) is 11.6 Å². The second kappa shape index (κ2) is 8.17. The van der Waals surface area contributed by atoms with Crippen molar-refractivity contribution in [2.75, 3.05) is 10.6 Å². The number of fused-ring (bicyclic) bond motifs is 1. The van der Waals surface area contributed by atoms with E-state index in [1.807, 2.05) is 45.0 Å². The molecule has 3 aromatic rings. The minimum absolute atomic E-state index is 0.0125. The molecule has 3 atom stereocenters. The van der Waals surface area contributed by atoms with Crippen LogP contribution in [-0.2, 0) is 0 Å². The molecule has 1 amide bonds. The van der Waals surface area contributed by atoms with Gasteiger partial charge in [-0.05, 0) is 45.2 Å². The van der Waals surface area contributed by atoms with Crippen LogP contribution in [0.25, 0.3) is 10.9 Å². The van der Waals surface area contributed by atoms with Gasteiger partial charge < -0.3 is 20.6 Å². The number of nitrogens with one attached hydrogen (secondary N) is 3. The van der Waals surface area contributed by atoms with Crippen molar-refractivity contribution in [3.05, 3.63) is 36.2 Å². The highest BCUT2D eigenvalue weighted by Gasteiger charge is 2.35. The number of hydrogen-bond acceptors (Lipinski definition) is 6. The number of aryl methyl sites for hydroxylation is 1. The molecule has 9 heteroatoms. The highest BCUT2D eigenvalue weighted by molar-refractivity contribution is 5.91. The van der Waals surface area contributed by atoms with E-state index < -0.39 is 6.09 Å². The van der Waals surface area contributed by atoms with Crippen LogP contribution in [0.4, 0.5) is 22.2 Å². The summed E-state index contributed by atoms with van der Waals surface area (Å²) < 4.78 is 0. The molecule has 4 heterocycles. The minimum Gasteiger partial charge on any atom is -0.465 e. The highest BCUT2D eigenvalue weighted by atomic mass is 16.4. The third-order valence-electron chi connectivity index (χ3n) is 5.64. The predicted molar refractivity (Wildman–Crippen MR) is 116 cm³/mol. The zero-order valence-corrected chi connectivity index (χ0v) is 17.4. The van der Waals surface area contributed by atoms with E-state index in [9.17, 15) is 9.90 Å². The van der Waals surface area contributed by atoms with Gasteiger partial charge in [0.1, 0.15) is 11.6 Å². The molecule has 0 spiro atoms. The van der Waals surface area contributed by atoms with Crippen molar-refractivity contribution in [2.45, 2.75) is 58.2 Å². The van der Waals surface area contributed by atoms with Gasteiger partial charge >= 0.3 is 6.09 Å². The van der Waals surface area contributed by atoms with Crippen LogP contribution in [0.2, 0.25) is 0 Å². The van der Waals surface area contributed by atoms with Crippen molar-refractivity contribution in [1.82, 2.24) is 25.1 Å². The maximum absolute atomic E-state index is 11.7. The fraction of sp³-hybridized carbons (Fsp3) is 0.429. The van der Waals surface area contributed by atoms with Crippen LogP contribution in [0.15, 0.2) is 30.5 Å². The Balaban J connectivity index is 1.62. The largest absolute Gasteiger partial charge is 0.465 e. The Bertz CT molecular complexity index is 1050. The molecule has 0 aromatic carbocycles. The van der Waals surface area contributed by atoms with Crippen LogP contribution in [0.3, 0.4) is 0 Å². The topological polar surface area (TPSA) is 119 Å². The summed E-state index contributed by atoms with van der Waals surface area (Å²) in [7, 11) is 0. The first kappa shape index (κ1) is 19.9. The van der Waals surface area contributed by atoms with E-state index in [0.717, 1.165) is 41.7 Å². The van der Waals surface area contributed by atoms with Crippen molar-refractivity contribution in [2.24, 2.45) is 0 Å². The number of amides is 1. The molecule has 4 rings (SSSR count). The maximum Gasteiger partial charge on any atom is 0.407 e. The van der Waals surface area contributed by atoms with E-state index in [1.165, 1.54) is 0 Å². The van der Waals surface area contributed by atoms with Crippen molar-refractivity contribution < 1.29 is 9.90 Å². The number of carbonyl (C=O) groups is 1. The van der Waals surface area contributed by atoms with E-state index in [2.05, 4.69) is 25.8 Å². The van der Waals surface area contributed by atoms with E-state index >= 15 is 0 Å². The Morgan fingerprint density at radius 3 is 2.87 bits per heavy atom. The van der Waals surface area contributed by atoms with Crippen LogP contribution < -0.4 is 10.6 Å². The number of rotatable bonds is 5. The highest BCUT2D eigenvalue weighted by Crippen LogP contribution is 2.30. The molecule has 0 saturated carbocycles.